The highest BCUT2D eigenvalue weighted by Crippen LogP contribution is 2.20. The molecule has 0 radical (unpaired) electrons. The number of morpholine rings is 1. The Kier molecular flexibility index (Phi) is 7.08. The first-order valence-electron chi connectivity index (χ1n) is 8.47. The van der Waals surface area contributed by atoms with Crippen molar-refractivity contribution in [3.05, 3.63) is 0 Å². The fraction of sp³-hybridized carbons (Fsp3) is 0.938. The molecule has 0 aliphatic carbocycles. The van der Waals surface area contributed by atoms with Gasteiger partial charge in [0.2, 0.25) is 5.91 Å². The van der Waals surface area contributed by atoms with Gasteiger partial charge in [0.25, 0.3) is 0 Å². The number of nitrogens with one attached hydrogen (secondary N) is 1. The summed E-state index contributed by atoms with van der Waals surface area (Å²) in [5.41, 5.74) is 0. The number of hydrogen-bond donors (Lipinski definition) is 1. The second-order valence-electron chi connectivity index (χ2n) is 6.53. The Balaban J connectivity index is 1.78. The summed E-state index contributed by atoms with van der Waals surface area (Å²) in [6.45, 7) is 9.83. The van der Waals surface area contributed by atoms with Gasteiger partial charge in [-0.2, -0.15) is 0 Å². The van der Waals surface area contributed by atoms with Gasteiger partial charge in [-0.25, -0.2) is 0 Å². The number of amides is 1. The number of carbonyl (C=O) groups excluding carboxylic acids is 1. The second kappa shape index (κ2) is 8.82. The Bertz CT molecular complexity index is 344. The molecule has 3 unspecified atom stereocenters. The minimum Gasteiger partial charge on any atom is -0.383 e. The van der Waals surface area contributed by atoms with Crippen LogP contribution in [0.5, 0.6) is 0 Å². The van der Waals surface area contributed by atoms with Crippen molar-refractivity contribution in [2.75, 3.05) is 53.0 Å². The third kappa shape index (κ3) is 5.19. The van der Waals surface area contributed by atoms with Gasteiger partial charge in [0, 0.05) is 45.9 Å². The van der Waals surface area contributed by atoms with E-state index in [1.54, 1.807) is 7.11 Å². The summed E-state index contributed by atoms with van der Waals surface area (Å²) in [7, 11) is 1.67. The first-order chi connectivity index (χ1) is 10.6. The molecule has 1 N–H and O–H groups in total. The highest BCUT2D eigenvalue weighted by molar-refractivity contribution is 5.78. The van der Waals surface area contributed by atoms with Crippen molar-refractivity contribution in [3.8, 4) is 0 Å². The normalized spacial score (nSPS) is 30.0. The Morgan fingerprint density at radius 3 is 2.73 bits per heavy atom. The fourth-order valence-electron chi connectivity index (χ4n) is 3.56. The van der Waals surface area contributed by atoms with Gasteiger partial charge >= 0.3 is 0 Å². The van der Waals surface area contributed by atoms with Crippen molar-refractivity contribution in [3.63, 3.8) is 0 Å². The van der Waals surface area contributed by atoms with E-state index in [0.717, 1.165) is 45.6 Å². The first kappa shape index (κ1) is 17.7. The minimum atomic E-state index is 0.216. The van der Waals surface area contributed by atoms with Crippen LogP contribution in [-0.2, 0) is 14.3 Å². The summed E-state index contributed by atoms with van der Waals surface area (Å²) in [5.74, 6) is 0.216. The molecule has 2 aliphatic rings. The molecule has 0 saturated carbocycles. The molecule has 1 amide bonds. The van der Waals surface area contributed by atoms with Crippen LogP contribution in [0.1, 0.15) is 26.7 Å². The van der Waals surface area contributed by atoms with Gasteiger partial charge in [-0.3, -0.25) is 9.69 Å². The van der Waals surface area contributed by atoms with E-state index in [4.69, 9.17) is 9.47 Å². The van der Waals surface area contributed by atoms with Gasteiger partial charge in [0.05, 0.1) is 25.4 Å². The van der Waals surface area contributed by atoms with Gasteiger partial charge in [-0.05, 0) is 26.7 Å². The molecular weight excluding hydrogens is 282 g/mol. The maximum absolute atomic E-state index is 12.4. The summed E-state index contributed by atoms with van der Waals surface area (Å²) in [4.78, 5) is 16.9. The zero-order valence-corrected chi connectivity index (χ0v) is 14.2. The molecule has 2 aliphatic heterocycles. The highest BCUT2D eigenvalue weighted by Gasteiger charge is 2.32. The van der Waals surface area contributed by atoms with Crippen molar-refractivity contribution in [1.82, 2.24) is 15.1 Å². The van der Waals surface area contributed by atoms with Crippen LogP contribution in [-0.4, -0.2) is 86.9 Å². The largest absolute Gasteiger partial charge is 0.383 e. The van der Waals surface area contributed by atoms with E-state index < -0.39 is 0 Å². The molecule has 0 aromatic rings. The van der Waals surface area contributed by atoms with Crippen molar-refractivity contribution < 1.29 is 14.3 Å². The lowest BCUT2D eigenvalue weighted by Crippen LogP contribution is -2.51. The maximum Gasteiger partial charge on any atom is 0.236 e. The molecule has 0 aromatic carbocycles. The van der Waals surface area contributed by atoms with E-state index in [0.29, 0.717) is 19.2 Å². The fourth-order valence-corrected chi connectivity index (χ4v) is 3.56. The lowest BCUT2D eigenvalue weighted by Gasteiger charge is -2.38. The van der Waals surface area contributed by atoms with Crippen molar-refractivity contribution >= 4 is 5.91 Å². The van der Waals surface area contributed by atoms with Gasteiger partial charge in [-0.15, -0.1) is 0 Å². The topological polar surface area (TPSA) is 54.0 Å². The standard InChI is InChI=1S/C16H31N3O3/c1-13-10-18(11-14(2)22-13)12-15-5-4-7-19(15)16(20)9-17-6-8-21-3/h13-15,17H,4-12H2,1-3H3. The second-order valence-corrected chi connectivity index (χ2v) is 6.53. The van der Waals surface area contributed by atoms with Gasteiger partial charge < -0.3 is 19.7 Å². The van der Waals surface area contributed by atoms with Crippen LogP contribution < -0.4 is 5.32 Å². The number of likely N-dealkylation sites (tertiary alicyclic amines) is 1. The van der Waals surface area contributed by atoms with Crippen LogP contribution in [0, 0.1) is 0 Å². The number of methoxy groups -OCH3 is 1. The predicted molar refractivity (Wildman–Crippen MR) is 85.9 cm³/mol. The van der Waals surface area contributed by atoms with Crippen LogP contribution in [0.3, 0.4) is 0 Å². The monoisotopic (exact) mass is 313 g/mol. The average molecular weight is 313 g/mol. The Hall–Kier alpha value is -0.690. The van der Waals surface area contributed by atoms with E-state index >= 15 is 0 Å². The number of nitrogens with zero attached hydrogens (tertiary/aromatic N) is 2. The van der Waals surface area contributed by atoms with E-state index in [9.17, 15) is 4.79 Å². The van der Waals surface area contributed by atoms with Crippen LogP contribution in [0.25, 0.3) is 0 Å². The lowest BCUT2D eigenvalue weighted by atomic mass is 10.1. The number of ether oxygens (including phenoxy) is 2. The molecule has 2 rings (SSSR count). The number of rotatable bonds is 7. The smallest absolute Gasteiger partial charge is 0.236 e. The van der Waals surface area contributed by atoms with E-state index in [1.807, 2.05) is 0 Å². The molecule has 0 spiro atoms. The molecule has 6 heteroatoms. The van der Waals surface area contributed by atoms with Crippen LogP contribution in [0.2, 0.25) is 0 Å². The minimum absolute atomic E-state index is 0.216. The third-order valence-corrected chi connectivity index (χ3v) is 4.42. The molecule has 2 fully saturated rings. The summed E-state index contributed by atoms with van der Waals surface area (Å²) >= 11 is 0. The van der Waals surface area contributed by atoms with Gasteiger partial charge in [-0.1, -0.05) is 0 Å². The Morgan fingerprint density at radius 1 is 1.32 bits per heavy atom. The Labute approximate surface area is 134 Å². The van der Waals surface area contributed by atoms with E-state index in [2.05, 4.69) is 29.0 Å². The third-order valence-electron chi connectivity index (χ3n) is 4.42. The van der Waals surface area contributed by atoms with E-state index in [-0.39, 0.29) is 18.1 Å². The first-order valence-corrected chi connectivity index (χ1v) is 8.47. The molecule has 6 nitrogen and oxygen atoms in total. The highest BCUT2D eigenvalue weighted by atomic mass is 16.5. The quantitative estimate of drug-likeness (QED) is 0.686. The maximum atomic E-state index is 12.4. The van der Waals surface area contributed by atoms with Crippen molar-refractivity contribution in [2.45, 2.75) is 44.9 Å². The van der Waals surface area contributed by atoms with Crippen LogP contribution in [0.15, 0.2) is 0 Å². The molecule has 0 aromatic heterocycles. The molecule has 0 bridgehead atoms. The Morgan fingerprint density at radius 2 is 2.05 bits per heavy atom. The zero-order chi connectivity index (χ0) is 15.9. The summed E-state index contributed by atoms with van der Waals surface area (Å²) < 4.78 is 10.8. The van der Waals surface area contributed by atoms with Gasteiger partial charge in [0.1, 0.15) is 0 Å². The van der Waals surface area contributed by atoms with Crippen molar-refractivity contribution in [1.29, 1.82) is 0 Å². The molecule has 2 heterocycles. The van der Waals surface area contributed by atoms with Crippen LogP contribution in [0.4, 0.5) is 0 Å². The van der Waals surface area contributed by atoms with Gasteiger partial charge in [0.15, 0.2) is 0 Å². The SMILES string of the molecule is COCCNCC(=O)N1CCCC1CN1CC(C)OC(C)C1. The molecule has 2 saturated heterocycles. The average Bonchev–Trinajstić information content (AvgIpc) is 2.90. The van der Waals surface area contributed by atoms with Crippen molar-refractivity contribution in [2.24, 2.45) is 0 Å². The lowest BCUT2D eigenvalue weighted by molar-refractivity contribution is -0.132. The molecule has 128 valence electrons. The number of hydrogen-bond acceptors (Lipinski definition) is 5. The molecule has 22 heavy (non-hydrogen) atoms. The number of carbonyl (C=O) groups is 1. The summed E-state index contributed by atoms with van der Waals surface area (Å²) in [6, 6.07) is 0.356. The van der Waals surface area contributed by atoms with E-state index in [1.165, 1.54) is 0 Å². The predicted octanol–water partition coefficient (Wildman–Crippen LogP) is 0.323. The molecular formula is C16H31N3O3. The summed E-state index contributed by atoms with van der Waals surface area (Å²) in [5, 5.41) is 3.15. The summed E-state index contributed by atoms with van der Waals surface area (Å²) in [6.07, 6.45) is 2.79. The molecule has 3 atom stereocenters. The van der Waals surface area contributed by atoms with Crippen LogP contribution >= 0.6 is 0 Å². The zero-order valence-electron chi connectivity index (χ0n) is 14.2.